The zero-order valence-corrected chi connectivity index (χ0v) is 14.4. The first-order valence-corrected chi connectivity index (χ1v) is 7.93. The molecule has 0 aliphatic carbocycles. The molecule has 0 fully saturated rings. The maximum absolute atomic E-state index is 12.4. The molecule has 6 nitrogen and oxygen atoms in total. The molecular weight excluding hydrogens is 322 g/mol. The number of carbonyl (C=O) groups excluding carboxylic acids is 2. The number of ether oxygens (including phenoxy) is 3. The molecule has 132 valence electrons. The van der Waals surface area contributed by atoms with Crippen molar-refractivity contribution in [3.8, 4) is 11.5 Å². The molecule has 0 spiro atoms. The van der Waals surface area contributed by atoms with E-state index in [9.17, 15) is 9.59 Å². The molecule has 0 aliphatic heterocycles. The quantitative estimate of drug-likeness (QED) is 0.781. The molecule has 0 aromatic heterocycles. The van der Waals surface area contributed by atoms with Crippen LogP contribution in [0, 0.1) is 0 Å². The summed E-state index contributed by atoms with van der Waals surface area (Å²) in [5, 5.41) is 2.70. The minimum atomic E-state index is -0.747. The average molecular weight is 343 g/mol. The average Bonchev–Trinajstić information content (AvgIpc) is 2.63. The van der Waals surface area contributed by atoms with E-state index in [1.54, 1.807) is 69.5 Å². The second-order valence-corrected chi connectivity index (χ2v) is 5.19. The summed E-state index contributed by atoms with van der Waals surface area (Å²) in [6, 6.07) is 13.6. The van der Waals surface area contributed by atoms with E-state index in [1.807, 2.05) is 0 Å². The Hall–Kier alpha value is -3.02. The van der Waals surface area contributed by atoms with Crippen molar-refractivity contribution in [2.24, 2.45) is 0 Å². The molecule has 0 radical (unpaired) electrons. The first-order chi connectivity index (χ1) is 12.0. The van der Waals surface area contributed by atoms with Crippen LogP contribution in [0.4, 0.5) is 5.69 Å². The third-order valence-corrected chi connectivity index (χ3v) is 3.42. The third-order valence-electron chi connectivity index (χ3n) is 3.42. The lowest BCUT2D eigenvalue weighted by Gasteiger charge is -2.16. The summed E-state index contributed by atoms with van der Waals surface area (Å²) in [6.45, 7) is 3.62. The van der Waals surface area contributed by atoms with Gasteiger partial charge in [0.25, 0.3) is 5.91 Å². The molecule has 1 atom stereocenters. The van der Waals surface area contributed by atoms with E-state index in [2.05, 4.69) is 5.32 Å². The maximum Gasteiger partial charge on any atom is 0.340 e. The smallest absolute Gasteiger partial charge is 0.340 e. The van der Waals surface area contributed by atoms with Crippen molar-refractivity contribution in [2.45, 2.75) is 20.0 Å². The number of amides is 1. The van der Waals surface area contributed by atoms with E-state index >= 15 is 0 Å². The first-order valence-electron chi connectivity index (χ1n) is 7.93. The standard InChI is InChI=1S/C19H21NO5/c1-4-24-19(22)16-7-5-6-8-17(16)20-18(21)13(2)25-15-11-9-14(23-3)10-12-15/h5-13H,4H2,1-3H3,(H,20,21). The molecule has 6 heteroatoms. The van der Waals surface area contributed by atoms with Gasteiger partial charge in [0.05, 0.1) is 25.0 Å². The Kier molecular flexibility index (Phi) is 6.39. The van der Waals surface area contributed by atoms with E-state index in [0.717, 1.165) is 0 Å². The van der Waals surface area contributed by atoms with Crippen LogP contribution in [0.25, 0.3) is 0 Å². The molecule has 0 bridgehead atoms. The summed E-state index contributed by atoms with van der Waals surface area (Å²) >= 11 is 0. The Morgan fingerprint density at radius 3 is 2.32 bits per heavy atom. The molecule has 2 aromatic carbocycles. The number of para-hydroxylation sites is 1. The summed E-state index contributed by atoms with van der Waals surface area (Å²) in [5.74, 6) is 0.393. The Bertz CT molecular complexity index is 727. The molecule has 0 saturated heterocycles. The first kappa shape index (κ1) is 18.3. The minimum absolute atomic E-state index is 0.262. The molecule has 1 amide bonds. The van der Waals surface area contributed by atoms with Crippen LogP contribution in [0.15, 0.2) is 48.5 Å². The molecule has 1 N–H and O–H groups in total. The van der Waals surface area contributed by atoms with Crippen molar-refractivity contribution in [3.63, 3.8) is 0 Å². The maximum atomic E-state index is 12.4. The van der Waals surface area contributed by atoms with Crippen molar-refractivity contribution in [3.05, 3.63) is 54.1 Å². The predicted molar refractivity (Wildman–Crippen MR) is 94.1 cm³/mol. The van der Waals surface area contributed by atoms with E-state index in [0.29, 0.717) is 22.7 Å². The highest BCUT2D eigenvalue weighted by atomic mass is 16.5. The Morgan fingerprint density at radius 2 is 1.68 bits per heavy atom. The molecule has 25 heavy (non-hydrogen) atoms. The number of nitrogens with one attached hydrogen (secondary N) is 1. The molecular formula is C19H21NO5. The molecule has 2 rings (SSSR count). The van der Waals surface area contributed by atoms with Crippen LogP contribution >= 0.6 is 0 Å². The van der Waals surface area contributed by atoms with Crippen LogP contribution in [-0.4, -0.2) is 31.7 Å². The Labute approximate surface area is 146 Å². The molecule has 0 saturated carbocycles. The number of anilines is 1. The van der Waals surface area contributed by atoms with Crippen molar-refractivity contribution >= 4 is 17.6 Å². The van der Waals surface area contributed by atoms with Crippen LogP contribution in [0.2, 0.25) is 0 Å². The summed E-state index contributed by atoms with van der Waals surface area (Å²) < 4.78 is 15.7. The van der Waals surface area contributed by atoms with Gasteiger partial charge in [-0.2, -0.15) is 0 Å². The van der Waals surface area contributed by atoms with Crippen LogP contribution in [0.1, 0.15) is 24.2 Å². The van der Waals surface area contributed by atoms with Gasteiger partial charge in [-0.15, -0.1) is 0 Å². The van der Waals surface area contributed by atoms with Gasteiger partial charge in [0.2, 0.25) is 0 Å². The van der Waals surface area contributed by atoms with Crippen molar-refractivity contribution < 1.29 is 23.8 Å². The van der Waals surface area contributed by atoms with Crippen LogP contribution in [0.3, 0.4) is 0 Å². The zero-order chi connectivity index (χ0) is 18.2. The van der Waals surface area contributed by atoms with Gasteiger partial charge >= 0.3 is 5.97 Å². The SMILES string of the molecule is CCOC(=O)c1ccccc1NC(=O)C(C)Oc1ccc(OC)cc1. The lowest BCUT2D eigenvalue weighted by atomic mass is 10.1. The van der Waals surface area contributed by atoms with Crippen LogP contribution in [0.5, 0.6) is 11.5 Å². The number of esters is 1. The summed E-state index contributed by atoms with van der Waals surface area (Å²) in [7, 11) is 1.58. The molecule has 0 aliphatic rings. The van der Waals surface area contributed by atoms with Gasteiger partial charge in [-0.25, -0.2) is 4.79 Å². The number of benzene rings is 2. The predicted octanol–water partition coefficient (Wildman–Crippen LogP) is 3.28. The van der Waals surface area contributed by atoms with E-state index in [-0.39, 0.29) is 12.5 Å². The third kappa shape index (κ3) is 4.97. The van der Waals surface area contributed by atoms with Gasteiger partial charge in [-0.1, -0.05) is 12.1 Å². The van der Waals surface area contributed by atoms with Gasteiger partial charge in [0.1, 0.15) is 11.5 Å². The van der Waals surface area contributed by atoms with Gasteiger partial charge in [0, 0.05) is 0 Å². The summed E-state index contributed by atoms with van der Waals surface area (Å²) in [6.07, 6.45) is -0.747. The lowest BCUT2D eigenvalue weighted by Crippen LogP contribution is -2.30. The Balaban J connectivity index is 2.04. The van der Waals surface area contributed by atoms with Gasteiger partial charge in [-0.3, -0.25) is 4.79 Å². The fraction of sp³-hybridized carbons (Fsp3) is 0.263. The lowest BCUT2D eigenvalue weighted by molar-refractivity contribution is -0.122. The van der Waals surface area contributed by atoms with Gasteiger partial charge < -0.3 is 19.5 Å². The van der Waals surface area contributed by atoms with Crippen molar-refractivity contribution in [1.29, 1.82) is 0 Å². The highest BCUT2D eigenvalue weighted by molar-refractivity contribution is 6.02. The van der Waals surface area contributed by atoms with Crippen molar-refractivity contribution in [2.75, 3.05) is 19.0 Å². The second kappa shape index (κ2) is 8.73. The van der Waals surface area contributed by atoms with E-state index in [4.69, 9.17) is 14.2 Å². The van der Waals surface area contributed by atoms with Gasteiger partial charge in [-0.05, 0) is 50.2 Å². The largest absolute Gasteiger partial charge is 0.497 e. The van der Waals surface area contributed by atoms with Crippen LogP contribution in [-0.2, 0) is 9.53 Å². The highest BCUT2D eigenvalue weighted by Gasteiger charge is 2.19. The van der Waals surface area contributed by atoms with E-state index < -0.39 is 12.1 Å². The Morgan fingerprint density at radius 1 is 1.04 bits per heavy atom. The molecule has 1 unspecified atom stereocenters. The summed E-state index contributed by atoms with van der Waals surface area (Å²) in [5.41, 5.74) is 0.686. The topological polar surface area (TPSA) is 73.9 Å². The number of hydrogen-bond donors (Lipinski definition) is 1. The fourth-order valence-corrected chi connectivity index (χ4v) is 2.13. The van der Waals surface area contributed by atoms with Crippen molar-refractivity contribution in [1.82, 2.24) is 0 Å². The zero-order valence-electron chi connectivity index (χ0n) is 14.4. The van der Waals surface area contributed by atoms with Gasteiger partial charge in [0.15, 0.2) is 6.10 Å². The number of carbonyl (C=O) groups is 2. The monoisotopic (exact) mass is 343 g/mol. The number of rotatable bonds is 7. The summed E-state index contributed by atoms with van der Waals surface area (Å²) in [4.78, 5) is 24.3. The second-order valence-electron chi connectivity index (χ2n) is 5.19. The fourth-order valence-electron chi connectivity index (χ4n) is 2.13. The number of methoxy groups -OCH3 is 1. The molecule has 0 heterocycles. The highest BCUT2D eigenvalue weighted by Crippen LogP contribution is 2.20. The van der Waals surface area contributed by atoms with Crippen LogP contribution < -0.4 is 14.8 Å². The minimum Gasteiger partial charge on any atom is -0.497 e. The number of hydrogen-bond acceptors (Lipinski definition) is 5. The normalized spacial score (nSPS) is 11.3. The van der Waals surface area contributed by atoms with E-state index in [1.165, 1.54) is 0 Å². The molecule has 2 aromatic rings.